The molecule has 0 bridgehead atoms. The van der Waals surface area contributed by atoms with Crippen molar-refractivity contribution in [2.75, 3.05) is 23.9 Å². The molecule has 3 N–H and O–H groups in total. The summed E-state index contributed by atoms with van der Waals surface area (Å²) in [6.07, 6.45) is 0.502. The monoisotopic (exact) mass is 487 g/mol. The van der Waals surface area contributed by atoms with E-state index in [4.69, 9.17) is 4.74 Å². The van der Waals surface area contributed by atoms with Gasteiger partial charge in [-0.3, -0.25) is 5.32 Å². The first-order chi connectivity index (χ1) is 16.7. The third-order valence-corrected chi connectivity index (χ3v) is 6.04. The highest BCUT2D eigenvalue weighted by Gasteiger charge is 2.36. The Balaban J connectivity index is 1.59. The number of nitrogens with one attached hydrogen (secondary N) is 3. The molecule has 7 nitrogen and oxygen atoms in total. The van der Waals surface area contributed by atoms with Crippen molar-refractivity contribution in [3.8, 4) is 0 Å². The van der Waals surface area contributed by atoms with Crippen LogP contribution in [0.4, 0.5) is 24.7 Å². The second-order valence-corrected chi connectivity index (χ2v) is 8.75. The van der Waals surface area contributed by atoms with Gasteiger partial charge in [0.05, 0.1) is 24.4 Å². The SMILES string of the molecule is COC(=O)c1ccc(NC2NC(C(C)C)NC3=C2CCN(c2ncccc2C(F)(F)F)C=C3)cc1. The van der Waals surface area contributed by atoms with Gasteiger partial charge in [0.15, 0.2) is 0 Å². The van der Waals surface area contributed by atoms with E-state index in [1.807, 2.05) is 6.08 Å². The summed E-state index contributed by atoms with van der Waals surface area (Å²) in [6.45, 7) is 4.48. The standard InChI is InChI=1S/C25H28F3N5O2/c1-15(2)21-31-20-11-14-33(23-19(25(26,27)28)5-4-12-29-23)13-10-18(20)22(32-21)30-17-8-6-16(7-9-17)24(34)35-3/h4-9,11-12,14-15,21-22,30-32H,10,13H2,1-3H3. The minimum atomic E-state index is -4.50. The zero-order valence-electron chi connectivity index (χ0n) is 19.7. The Bertz CT molecular complexity index is 1130. The molecule has 2 aliphatic rings. The molecule has 2 aliphatic heterocycles. The Morgan fingerprint density at radius 1 is 1.23 bits per heavy atom. The number of halogens is 3. The molecule has 2 unspecified atom stereocenters. The lowest BCUT2D eigenvalue weighted by atomic mass is 10.00. The number of aromatic nitrogens is 1. The molecule has 0 spiro atoms. The van der Waals surface area contributed by atoms with E-state index >= 15 is 0 Å². The third-order valence-electron chi connectivity index (χ3n) is 6.04. The van der Waals surface area contributed by atoms with Crippen LogP contribution in [0.15, 0.2) is 66.1 Å². The number of carbonyl (C=O) groups excluding carboxylic acids is 1. The Kier molecular flexibility index (Phi) is 7.02. The number of rotatable bonds is 5. The molecule has 35 heavy (non-hydrogen) atoms. The van der Waals surface area contributed by atoms with E-state index < -0.39 is 17.7 Å². The quantitative estimate of drug-likeness (QED) is 0.537. The maximum absolute atomic E-state index is 13.6. The lowest BCUT2D eigenvalue weighted by molar-refractivity contribution is -0.137. The van der Waals surface area contributed by atoms with Gasteiger partial charge in [0, 0.05) is 30.3 Å². The molecule has 0 radical (unpaired) electrons. The number of nitrogens with zero attached hydrogens (tertiary/aromatic N) is 2. The molecule has 0 aliphatic carbocycles. The highest BCUT2D eigenvalue weighted by Crippen LogP contribution is 2.36. The largest absolute Gasteiger partial charge is 0.465 e. The lowest BCUT2D eigenvalue weighted by Gasteiger charge is -2.38. The molecule has 4 rings (SSSR count). The highest BCUT2D eigenvalue weighted by molar-refractivity contribution is 5.89. The first kappa shape index (κ1) is 24.6. The van der Waals surface area contributed by atoms with Crippen molar-refractivity contribution in [3.05, 3.63) is 77.3 Å². The van der Waals surface area contributed by atoms with E-state index in [0.29, 0.717) is 18.5 Å². The van der Waals surface area contributed by atoms with Crippen molar-refractivity contribution >= 4 is 17.5 Å². The van der Waals surface area contributed by atoms with E-state index in [2.05, 4.69) is 34.8 Å². The second-order valence-electron chi connectivity index (χ2n) is 8.75. The van der Waals surface area contributed by atoms with Crippen LogP contribution >= 0.6 is 0 Å². The number of ether oxygens (including phenoxy) is 1. The van der Waals surface area contributed by atoms with E-state index in [9.17, 15) is 18.0 Å². The fourth-order valence-electron chi connectivity index (χ4n) is 4.15. The molecule has 186 valence electrons. The van der Waals surface area contributed by atoms with E-state index in [1.54, 1.807) is 30.5 Å². The normalized spacial score (nSPS) is 20.3. The summed E-state index contributed by atoms with van der Waals surface area (Å²) in [4.78, 5) is 17.3. The minimum Gasteiger partial charge on any atom is -0.465 e. The van der Waals surface area contributed by atoms with Gasteiger partial charge in [0.1, 0.15) is 12.0 Å². The van der Waals surface area contributed by atoms with Gasteiger partial charge in [-0.25, -0.2) is 9.78 Å². The summed E-state index contributed by atoms with van der Waals surface area (Å²) in [7, 11) is 1.33. The maximum atomic E-state index is 13.6. The average Bonchev–Trinajstić information content (AvgIpc) is 3.06. The van der Waals surface area contributed by atoms with Crippen LogP contribution in [0.3, 0.4) is 0 Å². The van der Waals surface area contributed by atoms with Crippen LogP contribution in [0.5, 0.6) is 0 Å². The van der Waals surface area contributed by atoms with Gasteiger partial charge in [-0.1, -0.05) is 13.8 Å². The van der Waals surface area contributed by atoms with Gasteiger partial charge in [-0.15, -0.1) is 0 Å². The molecule has 1 aromatic heterocycles. The van der Waals surface area contributed by atoms with Crippen molar-refractivity contribution < 1.29 is 22.7 Å². The number of carbonyl (C=O) groups is 1. The van der Waals surface area contributed by atoms with E-state index in [-0.39, 0.29) is 24.1 Å². The summed E-state index contributed by atoms with van der Waals surface area (Å²) in [5.41, 5.74) is 2.32. The van der Waals surface area contributed by atoms with Crippen LogP contribution in [0.25, 0.3) is 0 Å². The van der Waals surface area contributed by atoms with Crippen molar-refractivity contribution in [2.45, 2.75) is 38.8 Å². The van der Waals surface area contributed by atoms with E-state index in [0.717, 1.165) is 23.0 Å². The highest BCUT2D eigenvalue weighted by atomic mass is 19.4. The smallest absolute Gasteiger partial charge is 0.419 e. The third kappa shape index (κ3) is 5.43. The fraction of sp³-hybridized carbons (Fsp3) is 0.360. The summed E-state index contributed by atoms with van der Waals surface area (Å²) in [6, 6.07) is 9.29. The minimum absolute atomic E-state index is 0.0580. The number of pyridine rings is 1. The number of hydrogen-bond acceptors (Lipinski definition) is 7. The van der Waals surface area contributed by atoms with E-state index in [1.165, 1.54) is 24.3 Å². The van der Waals surface area contributed by atoms with Crippen LogP contribution in [-0.4, -0.2) is 36.9 Å². The molecule has 0 fully saturated rings. The Morgan fingerprint density at radius 2 is 1.97 bits per heavy atom. The summed E-state index contributed by atoms with van der Waals surface area (Å²) >= 11 is 0. The van der Waals surface area contributed by atoms with Gasteiger partial charge in [-0.2, -0.15) is 13.2 Å². The Labute approximate surface area is 202 Å². The fourth-order valence-corrected chi connectivity index (χ4v) is 4.15. The predicted molar refractivity (Wildman–Crippen MR) is 127 cm³/mol. The van der Waals surface area contributed by atoms with Crippen LogP contribution in [-0.2, 0) is 10.9 Å². The molecule has 0 amide bonds. The van der Waals surface area contributed by atoms with Crippen molar-refractivity contribution in [1.29, 1.82) is 0 Å². The number of esters is 1. The number of alkyl halides is 3. The van der Waals surface area contributed by atoms with Gasteiger partial charge in [0.2, 0.25) is 0 Å². The predicted octanol–water partition coefficient (Wildman–Crippen LogP) is 4.48. The van der Waals surface area contributed by atoms with Crippen molar-refractivity contribution in [2.24, 2.45) is 5.92 Å². The second kappa shape index (κ2) is 9.99. The number of allylic oxidation sites excluding steroid dienone is 1. The van der Waals surface area contributed by atoms with Gasteiger partial charge >= 0.3 is 12.1 Å². The first-order valence-electron chi connectivity index (χ1n) is 11.3. The Hall–Kier alpha value is -3.53. The first-order valence-corrected chi connectivity index (χ1v) is 11.3. The van der Waals surface area contributed by atoms with Crippen LogP contribution < -0.4 is 20.9 Å². The van der Waals surface area contributed by atoms with Crippen LogP contribution in [0.2, 0.25) is 0 Å². The average molecular weight is 488 g/mol. The maximum Gasteiger partial charge on any atom is 0.419 e. The molecule has 0 saturated carbocycles. The zero-order valence-corrected chi connectivity index (χ0v) is 19.7. The molecular formula is C25H28F3N5O2. The molecular weight excluding hydrogens is 459 g/mol. The van der Waals surface area contributed by atoms with Crippen LogP contribution in [0, 0.1) is 5.92 Å². The molecule has 2 aromatic rings. The van der Waals surface area contributed by atoms with Crippen molar-refractivity contribution in [1.82, 2.24) is 15.6 Å². The molecule has 10 heteroatoms. The number of benzene rings is 1. The zero-order chi connectivity index (χ0) is 25.2. The molecule has 1 aromatic carbocycles. The number of methoxy groups -OCH3 is 1. The van der Waals surface area contributed by atoms with Gasteiger partial charge < -0.3 is 20.3 Å². The number of hydrogen-bond donors (Lipinski definition) is 3. The Morgan fingerprint density at radius 3 is 2.63 bits per heavy atom. The lowest BCUT2D eigenvalue weighted by Crippen LogP contribution is -2.57. The summed E-state index contributed by atoms with van der Waals surface area (Å²) in [5.74, 6) is -0.286. The number of anilines is 2. The van der Waals surface area contributed by atoms with Gasteiger partial charge in [0.25, 0.3) is 0 Å². The summed E-state index contributed by atoms with van der Waals surface area (Å²) < 4.78 is 45.5. The van der Waals surface area contributed by atoms with Crippen molar-refractivity contribution in [3.63, 3.8) is 0 Å². The molecule has 3 heterocycles. The molecule has 0 saturated heterocycles. The van der Waals surface area contributed by atoms with Gasteiger partial charge in [-0.05, 0) is 60.4 Å². The summed E-state index contributed by atoms with van der Waals surface area (Å²) in [5, 5.41) is 10.5. The van der Waals surface area contributed by atoms with Crippen LogP contribution in [0.1, 0.15) is 36.2 Å². The molecule has 2 atom stereocenters. The topological polar surface area (TPSA) is 78.5 Å².